The zero-order chi connectivity index (χ0) is 14.6. The topological polar surface area (TPSA) is 83.9 Å². The Bertz CT molecular complexity index is 771. The Hall–Kier alpha value is -2.58. The minimum absolute atomic E-state index is 0.137. The molecule has 20 heavy (non-hydrogen) atoms. The van der Waals surface area contributed by atoms with E-state index in [1.165, 1.54) is 12.1 Å². The molecule has 0 aliphatic carbocycles. The number of nitrogens with zero attached hydrogens (tertiary/aromatic N) is 1. The SMILES string of the molecule is N#Cc1ccc(/C(N)=C/S(=O)(=O)c2ccccc2)cc1. The summed E-state index contributed by atoms with van der Waals surface area (Å²) in [6, 6.07) is 16.5. The summed E-state index contributed by atoms with van der Waals surface area (Å²) in [6.07, 6.45) is 0. The average Bonchev–Trinajstić information content (AvgIpc) is 2.48. The van der Waals surface area contributed by atoms with Crippen LogP contribution in [0.3, 0.4) is 0 Å². The molecule has 0 heterocycles. The average molecular weight is 284 g/mol. The largest absolute Gasteiger partial charge is 0.398 e. The standard InChI is InChI=1S/C15H12N2O2S/c16-10-12-6-8-13(9-7-12)15(17)11-20(18,19)14-4-2-1-3-5-14/h1-9,11H,17H2/b15-11-. The first-order chi connectivity index (χ1) is 9.53. The van der Waals surface area contributed by atoms with E-state index in [0.717, 1.165) is 5.41 Å². The maximum Gasteiger partial charge on any atom is 0.201 e. The predicted octanol–water partition coefficient (Wildman–Crippen LogP) is 2.29. The van der Waals surface area contributed by atoms with Gasteiger partial charge in [-0.25, -0.2) is 8.42 Å². The molecule has 2 N–H and O–H groups in total. The van der Waals surface area contributed by atoms with Crippen LogP contribution >= 0.6 is 0 Å². The third-order valence-electron chi connectivity index (χ3n) is 2.70. The van der Waals surface area contributed by atoms with Crippen LogP contribution in [-0.4, -0.2) is 8.42 Å². The molecular formula is C15H12N2O2S. The highest BCUT2D eigenvalue weighted by atomic mass is 32.2. The third-order valence-corrected chi connectivity index (χ3v) is 4.19. The molecule has 0 saturated heterocycles. The molecule has 0 radical (unpaired) electrons. The van der Waals surface area contributed by atoms with Crippen molar-refractivity contribution in [2.45, 2.75) is 4.90 Å². The molecule has 0 unspecified atom stereocenters. The summed E-state index contributed by atoms with van der Waals surface area (Å²) in [4.78, 5) is 0.191. The number of hydrogen-bond acceptors (Lipinski definition) is 4. The Labute approximate surface area is 117 Å². The van der Waals surface area contributed by atoms with E-state index in [0.29, 0.717) is 11.1 Å². The van der Waals surface area contributed by atoms with Crippen molar-refractivity contribution in [3.05, 3.63) is 71.1 Å². The fraction of sp³-hybridized carbons (Fsp3) is 0. The quantitative estimate of drug-likeness (QED) is 0.937. The van der Waals surface area contributed by atoms with E-state index in [9.17, 15) is 8.42 Å². The second-order valence-electron chi connectivity index (χ2n) is 4.12. The summed E-state index contributed by atoms with van der Waals surface area (Å²) >= 11 is 0. The van der Waals surface area contributed by atoms with Crippen molar-refractivity contribution in [2.24, 2.45) is 5.73 Å². The minimum atomic E-state index is -3.58. The second-order valence-corrected chi connectivity index (χ2v) is 5.92. The molecule has 2 rings (SSSR count). The number of rotatable bonds is 3. The summed E-state index contributed by atoms with van der Waals surface area (Å²) in [5.41, 5.74) is 7.00. The van der Waals surface area contributed by atoms with E-state index >= 15 is 0 Å². The van der Waals surface area contributed by atoms with Crippen LogP contribution in [0.2, 0.25) is 0 Å². The minimum Gasteiger partial charge on any atom is -0.398 e. The number of nitrogens with two attached hydrogens (primary N) is 1. The first-order valence-electron chi connectivity index (χ1n) is 5.81. The monoisotopic (exact) mass is 284 g/mol. The van der Waals surface area contributed by atoms with Crippen LogP contribution in [0.5, 0.6) is 0 Å². The second kappa shape index (κ2) is 5.59. The zero-order valence-corrected chi connectivity index (χ0v) is 11.3. The molecule has 0 bridgehead atoms. The van der Waals surface area contributed by atoms with E-state index in [1.54, 1.807) is 42.5 Å². The van der Waals surface area contributed by atoms with Crippen LogP contribution in [-0.2, 0) is 9.84 Å². The van der Waals surface area contributed by atoms with Gasteiger partial charge >= 0.3 is 0 Å². The lowest BCUT2D eigenvalue weighted by molar-refractivity contribution is 0.604. The summed E-state index contributed by atoms with van der Waals surface area (Å²) in [6.45, 7) is 0. The van der Waals surface area contributed by atoms with Crippen molar-refractivity contribution < 1.29 is 8.42 Å². The van der Waals surface area contributed by atoms with Crippen LogP contribution in [0, 0.1) is 11.3 Å². The van der Waals surface area contributed by atoms with Crippen LogP contribution in [0.4, 0.5) is 0 Å². The fourth-order valence-electron chi connectivity index (χ4n) is 1.65. The van der Waals surface area contributed by atoms with Gasteiger partial charge in [-0.1, -0.05) is 30.3 Å². The molecule has 2 aromatic rings. The van der Waals surface area contributed by atoms with Crippen molar-refractivity contribution in [1.29, 1.82) is 5.26 Å². The highest BCUT2D eigenvalue weighted by molar-refractivity contribution is 7.94. The van der Waals surface area contributed by atoms with Gasteiger partial charge in [0.2, 0.25) is 9.84 Å². The summed E-state index contributed by atoms with van der Waals surface area (Å²) in [5.74, 6) is 0. The molecular weight excluding hydrogens is 272 g/mol. The Kier molecular flexibility index (Phi) is 3.87. The molecule has 0 atom stereocenters. The van der Waals surface area contributed by atoms with E-state index < -0.39 is 9.84 Å². The number of sulfone groups is 1. The first-order valence-corrected chi connectivity index (χ1v) is 7.35. The van der Waals surface area contributed by atoms with E-state index in [1.807, 2.05) is 6.07 Å². The first kappa shape index (κ1) is 13.8. The van der Waals surface area contributed by atoms with E-state index in [2.05, 4.69) is 0 Å². The lowest BCUT2D eigenvalue weighted by atomic mass is 10.1. The zero-order valence-electron chi connectivity index (χ0n) is 10.5. The Balaban J connectivity index is 2.37. The summed E-state index contributed by atoms with van der Waals surface area (Å²) in [7, 11) is -3.58. The predicted molar refractivity (Wildman–Crippen MR) is 76.9 cm³/mol. The van der Waals surface area contributed by atoms with Crippen LogP contribution in [0.1, 0.15) is 11.1 Å². The molecule has 0 fully saturated rings. The van der Waals surface area contributed by atoms with Crippen LogP contribution in [0.15, 0.2) is 64.9 Å². The smallest absolute Gasteiger partial charge is 0.201 e. The van der Waals surface area contributed by atoms with Gasteiger partial charge in [-0.15, -0.1) is 0 Å². The molecule has 0 spiro atoms. The van der Waals surface area contributed by atoms with Gasteiger partial charge in [-0.2, -0.15) is 5.26 Å². The van der Waals surface area contributed by atoms with Crippen molar-refractivity contribution in [3.8, 4) is 6.07 Å². The van der Waals surface area contributed by atoms with E-state index in [4.69, 9.17) is 11.0 Å². The maximum atomic E-state index is 12.1. The van der Waals surface area contributed by atoms with Gasteiger partial charge in [0.05, 0.1) is 27.6 Å². The van der Waals surface area contributed by atoms with Gasteiger partial charge < -0.3 is 5.73 Å². The molecule has 2 aromatic carbocycles. The van der Waals surface area contributed by atoms with Crippen molar-refractivity contribution in [1.82, 2.24) is 0 Å². The maximum absolute atomic E-state index is 12.1. The van der Waals surface area contributed by atoms with Crippen LogP contribution in [0.25, 0.3) is 5.70 Å². The van der Waals surface area contributed by atoms with Crippen LogP contribution < -0.4 is 5.73 Å². The van der Waals surface area contributed by atoms with Gasteiger partial charge in [0, 0.05) is 0 Å². The molecule has 100 valence electrons. The van der Waals surface area contributed by atoms with Gasteiger partial charge in [0.25, 0.3) is 0 Å². The molecule has 0 aromatic heterocycles. The van der Waals surface area contributed by atoms with Gasteiger partial charge in [0.1, 0.15) is 0 Å². The molecule has 0 amide bonds. The summed E-state index contributed by atoms with van der Waals surface area (Å²) in [5, 5.41) is 9.74. The fourth-order valence-corrected chi connectivity index (χ4v) is 2.79. The molecule has 0 saturated carbocycles. The molecule has 5 heteroatoms. The lowest BCUT2D eigenvalue weighted by Crippen LogP contribution is -2.03. The van der Waals surface area contributed by atoms with Crippen molar-refractivity contribution in [2.75, 3.05) is 0 Å². The highest BCUT2D eigenvalue weighted by Crippen LogP contribution is 2.17. The lowest BCUT2D eigenvalue weighted by Gasteiger charge is -2.03. The number of hydrogen-bond donors (Lipinski definition) is 1. The van der Waals surface area contributed by atoms with Crippen molar-refractivity contribution in [3.63, 3.8) is 0 Å². The molecule has 0 aliphatic rings. The van der Waals surface area contributed by atoms with Gasteiger partial charge in [-0.3, -0.25) is 0 Å². The Morgan fingerprint density at radius 3 is 2.20 bits per heavy atom. The van der Waals surface area contributed by atoms with E-state index in [-0.39, 0.29) is 10.6 Å². The highest BCUT2D eigenvalue weighted by Gasteiger charge is 2.11. The molecule has 4 nitrogen and oxygen atoms in total. The van der Waals surface area contributed by atoms with Crippen molar-refractivity contribution >= 4 is 15.5 Å². The number of nitriles is 1. The van der Waals surface area contributed by atoms with Gasteiger partial charge in [0.15, 0.2) is 0 Å². The Morgan fingerprint density at radius 2 is 1.65 bits per heavy atom. The Morgan fingerprint density at radius 1 is 1.05 bits per heavy atom. The van der Waals surface area contributed by atoms with Gasteiger partial charge in [-0.05, 0) is 29.8 Å². The summed E-state index contributed by atoms with van der Waals surface area (Å²) < 4.78 is 24.3. The number of benzene rings is 2. The third kappa shape index (κ3) is 3.05. The molecule has 0 aliphatic heterocycles. The normalized spacial score (nSPS) is 11.8.